The zero-order valence-corrected chi connectivity index (χ0v) is 20.3. The van der Waals surface area contributed by atoms with Gasteiger partial charge in [0.05, 0.1) is 19.2 Å². The van der Waals surface area contributed by atoms with Crippen LogP contribution in [0, 0.1) is 11.8 Å². The third kappa shape index (κ3) is 5.44. The second-order valence-electron chi connectivity index (χ2n) is 8.73. The highest BCUT2D eigenvalue weighted by Crippen LogP contribution is 2.36. The summed E-state index contributed by atoms with van der Waals surface area (Å²) in [6.07, 6.45) is 6.71. The van der Waals surface area contributed by atoms with E-state index in [1.807, 2.05) is 41.8 Å². The van der Waals surface area contributed by atoms with Gasteiger partial charge in [0.1, 0.15) is 0 Å². The zero-order chi connectivity index (χ0) is 24.1. The summed E-state index contributed by atoms with van der Waals surface area (Å²) in [5.41, 5.74) is 3.62. The summed E-state index contributed by atoms with van der Waals surface area (Å²) in [6.45, 7) is 0. The number of benzene rings is 1. The summed E-state index contributed by atoms with van der Waals surface area (Å²) < 4.78 is 5.16. The average molecular weight is 480 g/mol. The lowest BCUT2D eigenvalue weighted by Gasteiger charge is -2.23. The van der Waals surface area contributed by atoms with Gasteiger partial charge in [-0.15, -0.1) is 11.3 Å². The molecule has 0 radical (unpaired) electrons. The van der Waals surface area contributed by atoms with Gasteiger partial charge in [0.2, 0.25) is 11.8 Å². The average Bonchev–Trinajstić information content (AvgIpc) is 3.55. The number of pyridine rings is 1. The van der Waals surface area contributed by atoms with Crippen LogP contribution in [-0.2, 0) is 9.59 Å². The first kappa shape index (κ1) is 23.9. The van der Waals surface area contributed by atoms with Gasteiger partial charge in [-0.25, -0.2) is 9.97 Å². The molecule has 1 aliphatic carbocycles. The van der Waals surface area contributed by atoms with Gasteiger partial charge in [-0.2, -0.15) is 0 Å². The first-order chi connectivity index (χ1) is 16.5. The number of carboxylic acid groups (broad SMARTS) is 1. The Balaban J connectivity index is 1.56. The molecular formula is C26H29N3O4S. The summed E-state index contributed by atoms with van der Waals surface area (Å²) in [4.78, 5) is 35.3. The first-order valence-corrected chi connectivity index (χ1v) is 12.4. The van der Waals surface area contributed by atoms with E-state index in [9.17, 15) is 14.7 Å². The van der Waals surface area contributed by atoms with Gasteiger partial charge in [0, 0.05) is 41.7 Å². The number of hydrogen-bond acceptors (Lipinski definition) is 6. The molecule has 8 heteroatoms. The number of methoxy groups -OCH3 is 1. The molecule has 2 heterocycles. The summed E-state index contributed by atoms with van der Waals surface area (Å²) in [6, 6.07) is 11.7. The lowest BCUT2D eigenvalue weighted by Crippen LogP contribution is -2.35. The smallest absolute Gasteiger partial charge is 0.304 e. The fraction of sp³-hybridized carbons (Fsp3) is 0.385. The van der Waals surface area contributed by atoms with Crippen LogP contribution in [0.4, 0.5) is 5.13 Å². The molecule has 1 aromatic carbocycles. The van der Waals surface area contributed by atoms with E-state index in [0.29, 0.717) is 23.4 Å². The van der Waals surface area contributed by atoms with E-state index in [1.54, 1.807) is 20.4 Å². The predicted octanol–water partition coefficient (Wildman–Crippen LogP) is 5.51. The molecule has 0 spiro atoms. The van der Waals surface area contributed by atoms with Gasteiger partial charge in [0.15, 0.2) is 5.13 Å². The predicted molar refractivity (Wildman–Crippen MR) is 133 cm³/mol. The van der Waals surface area contributed by atoms with Gasteiger partial charge in [-0.1, -0.05) is 49.9 Å². The van der Waals surface area contributed by atoms with Crippen molar-refractivity contribution in [3.8, 4) is 28.3 Å². The monoisotopic (exact) mass is 479 g/mol. The Labute approximate surface area is 203 Å². The Morgan fingerprint density at radius 1 is 1.18 bits per heavy atom. The van der Waals surface area contributed by atoms with Crippen molar-refractivity contribution in [1.82, 2.24) is 9.97 Å². The molecule has 7 nitrogen and oxygen atoms in total. The van der Waals surface area contributed by atoms with E-state index in [2.05, 4.69) is 4.98 Å². The molecule has 3 aromatic rings. The van der Waals surface area contributed by atoms with Crippen LogP contribution < -0.4 is 9.64 Å². The number of anilines is 1. The molecule has 1 atom stereocenters. The molecule has 0 saturated heterocycles. The molecule has 2 aromatic heterocycles. The summed E-state index contributed by atoms with van der Waals surface area (Å²) in [5.74, 6) is -0.672. The van der Waals surface area contributed by atoms with E-state index < -0.39 is 11.9 Å². The molecule has 1 N–H and O–H groups in total. The number of ether oxygens (including phenoxy) is 1. The van der Waals surface area contributed by atoms with Crippen molar-refractivity contribution in [2.75, 3.05) is 19.1 Å². The molecule has 0 bridgehead atoms. The molecule has 0 aliphatic heterocycles. The number of aromatic nitrogens is 2. The van der Waals surface area contributed by atoms with Crippen LogP contribution in [0.3, 0.4) is 0 Å². The topological polar surface area (TPSA) is 92.6 Å². The maximum atomic E-state index is 13.3. The minimum Gasteiger partial charge on any atom is -0.481 e. The fourth-order valence-corrected chi connectivity index (χ4v) is 5.46. The standard InChI is InChI=1S/C26H29N3O4S/c1-29(25(32)19(14-24(30)31)13-17-7-3-4-8-17)26-28-22(16-34-26)21-10-6-5-9-20(21)18-11-12-23(33-2)27-15-18/h5-6,9-12,15-17,19H,3-4,7-8,13-14H2,1-2H3,(H,30,31)/t19-/m1/s1. The Morgan fingerprint density at radius 3 is 2.56 bits per heavy atom. The Morgan fingerprint density at radius 2 is 1.91 bits per heavy atom. The van der Waals surface area contributed by atoms with Crippen LogP contribution >= 0.6 is 11.3 Å². The van der Waals surface area contributed by atoms with Crippen molar-refractivity contribution in [3.63, 3.8) is 0 Å². The van der Waals surface area contributed by atoms with E-state index in [1.165, 1.54) is 16.2 Å². The molecular weight excluding hydrogens is 450 g/mol. The van der Waals surface area contributed by atoms with Crippen LogP contribution in [0.2, 0.25) is 0 Å². The SMILES string of the molecule is COc1ccc(-c2ccccc2-c2csc(N(C)C(=O)[C@@H](CC(=O)O)CC3CCCC3)n2)cn1. The molecule has 0 unspecified atom stereocenters. The van der Waals surface area contributed by atoms with Gasteiger partial charge < -0.3 is 9.84 Å². The molecule has 1 saturated carbocycles. The van der Waals surface area contributed by atoms with Crippen molar-refractivity contribution in [2.24, 2.45) is 11.8 Å². The first-order valence-electron chi connectivity index (χ1n) is 11.5. The highest BCUT2D eigenvalue weighted by Gasteiger charge is 2.30. The van der Waals surface area contributed by atoms with E-state index in [-0.39, 0.29) is 12.3 Å². The van der Waals surface area contributed by atoms with Crippen LogP contribution in [0.1, 0.15) is 38.5 Å². The summed E-state index contributed by atoms with van der Waals surface area (Å²) in [5, 5.41) is 11.9. The highest BCUT2D eigenvalue weighted by atomic mass is 32.1. The molecule has 4 rings (SSSR count). The van der Waals surface area contributed by atoms with Gasteiger partial charge in [-0.05, 0) is 24.0 Å². The second-order valence-corrected chi connectivity index (χ2v) is 9.56. The van der Waals surface area contributed by atoms with E-state index in [0.717, 1.165) is 48.1 Å². The third-order valence-corrected chi connectivity index (χ3v) is 7.35. The minimum atomic E-state index is -0.938. The number of carbonyl (C=O) groups is 2. The zero-order valence-electron chi connectivity index (χ0n) is 19.4. The number of hydrogen-bond donors (Lipinski definition) is 1. The van der Waals surface area contributed by atoms with Crippen LogP contribution in [-0.4, -0.2) is 41.1 Å². The van der Waals surface area contributed by atoms with Crippen molar-refractivity contribution in [2.45, 2.75) is 38.5 Å². The van der Waals surface area contributed by atoms with Crippen molar-refractivity contribution in [3.05, 3.63) is 48.0 Å². The van der Waals surface area contributed by atoms with E-state index >= 15 is 0 Å². The fourth-order valence-electron chi connectivity index (χ4n) is 4.66. The maximum absolute atomic E-state index is 13.3. The van der Waals surface area contributed by atoms with E-state index in [4.69, 9.17) is 9.72 Å². The number of thiazole rings is 1. The van der Waals surface area contributed by atoms with Gasteiger partial charge in [0.25, 0.3) is 0 Å². The van der Waals surface area contributed by atoms with Crippen molar-refractivity contribution >= 4 is 28.3 Å². The lowest BCUT2D eigenvalue weighted by atomic mass is 9.90. The lowest BCUT2D eigenvalue weighted by molar-refractivity contribution is -0.140. The van der Waals surface area contributed by atoms with Crippen LogP contribution in [0.5, 0.6) is 5.88 Å². The quantitative estimate of drug-likeness (QED) is 0.435. The molecule has 178 valence electrons. The van der Waals surface area contributed by atoms with Crippen molar-refractivity contribution in [1.29, 1.82) is 0 Å². The normalized spacial score (nSPS) is 14.6. The Bertz CT molecular complexity index is 1140. The largest absolute Gasteiger partial charge is 0.481 e. The molecule has 34 heavy (non-hydrogen) atoms. The second kappa shape index (κ2) is 10.8. The summed E-state index contributed by atoms with van der Waals surface area (Å²) in [7, 11) is 3.27. The number of rotatable bonds is 9. The number of nitrogens with zero attached hydrogens (tertiary/aromatic N) is 3. The molecule has 1 aliphatic rings. The third-order valence-electron chi connectivity index (χ3n) is 6.43. The summed E-state index contributed by atoms with van der Waals surface area (Å²) >= 11 is 1.38. The van der Waals surface area contributed by atoms with Crippen molar-refractivity contribution < 1.29 is 19.4 Å². The number of carboxylic acids is 1. The Kier molecular flexibility index (Phi) is 7.57. The van der Waals surface area contributed by atoms with Crippen LogP contribution in [0.15, 0.2) is 48.0 Å². The molecule has 1 amide bonds. The highest BCUT2D eigenvalue weighted by molar-refractivity contribution is 7.14. The number of carbonyl (C=O) groups excluding carboxylic acids is 1. The number of amides is 1. The minimum absolute atomic E-state index is 0.148. The van der Waals surface area contributed by atoms with Gasteiger partial charge >= 0.3 is 5.97 Å². The van der Waals surface area contributed by atoms with Gasteiger partial charge in [-0.3, -0.25) is 14.5 Å². The molecule has 1 fully saturated rings. The number of aliphatic carboxylic acids is 1. The maximum Gasteiger partial charge on any atom is 0.304 e. The van der Waals surface area contributed by atoms with Crippen LogP contribution in [0.25, 0.3) is 22.4 Å². The Hall–Kier alpha value is -3.26.